The number of halogens is 2. The SMILES string of the molecule is Nc1cc(NC(=O)c2cc(F)ccc2F)ccc1Sc1ccc(O)cc1. The molecule has 0 spiro atoms. The first-order valence-electron chi connectivity index (χ1n) is 7.55. The van der Waals surface area contributed by atoms with Crippen molar-refractivity contribution < 1.29 is 18.7 Å². The van der Waals surface area contributed by atoms with Gasteiger partial charge >= 0.3 is 0 Å². The molecule has 0 aliphatic rings. The second-order valence-electron chi connectivity index (χ2n) is 5.43. The fraction of sp³-hybridized carbons (Fsp3) is 0. The Morgan fingerprint density at radius 1 is 1.00 bits per heavy atom. The monoisotopic (exact) mass is 372 g/mol. The first kappa shape index (κ1) is 17.8. The van der Waals surface area contributed by atoms with Gasteiger partial charge in [0, 0.05) is 21.2 Å². The summed E-state index contributed by atoms with van der Waals surface area (Å²) in [6, 6.07) is 14.2. The molecule has 132 valence electrons. The van der Waals surface area contributed by atoms with Crippen molar-refractivity contribution in [2.45, 2.75) is 9.79 Å². The normalized spacial score (nSPS) is 10.5. The van der Waals surface area contributed by atoms with Gasteiger partial charge in [-0.1, -0.05) is 11.8 Å². The lowest BCUT2D eigenvalue weighted by Gasteiger charge is -2.10. The summed E-state index contributed by atoms with van der Waals surface area (Å²) in [5.41, 5.74) is 6.41. The molecular formula is C19H14F2N2O2S. The highest BCUT2D eigenvalue weighted by Gasteiger charge is 2.14. The summed E-state index contributed by atoms with van der Waals surface area (Å²) in [4.78, 5) is 13.8. The zero-order chi connectivity index (χ0) is 18.7. The molecule has 7 heteroatoms. The van der Waals surface area contributed by atoms with Crippen molar-refractivity contribution in [2.24, 2.45) is 0 Å². The predicted octanol–water partition coefficient (Wildman–Crippen LogP) is 4.66. The highest BCUT2D eigenvalue weighted by molar-refractivity contribution is 7.99. The molecule has 0 heterocycles. The van der Waals surface area contributed by atoms with Crippen molar-refractivity contribution in [1.29, 1.82) is 0 Å². The Morgan fingerprint density at radius 3 is 2.42 bits per heavy atom. The third kappa shape index (κ3) is 4.12. The van der Waals surface area contributed by atoms with E-state index in [1.807, 2.05) is 0 Å². The zero-order valence-corrected chi connectivity index (χ0v) is 14.2. The number of nitrogens with one attached hydrogen (secondary N) is 1. The van der Waals surface area contributed by atoms with E-state index in [0.29, 0.717) is 11.4 Å². The van der Waals surface area contributed by atoms with E-state index in [1.165, 1.54) is 17.8 Å². The van der Waals surface area contributed by atoms with E-state index in [4.69, 9.17) is 5.73 Å². The van der Waals surface area contributed by atoms with Gasteiger partial charge in [0.1, 0.15) is 17.4 Å². The van der Waals surface area contributed by atoms with Crippen molar-refractivity contribution in [3.8, 4) is 5.75 Å². The number of nitrogens with two attached hydrogens (primary N) is 1. The number of rotatable bonds is 4. The fourth-order valence-corrected chi connectivity index (χ4v) is 3.07. The van der Waals surface area contributed by atoms with Crippen LogP contribution in [0.25, 0.3) is 0 Å². The van der Waals surface area contributed by atoms with Crippen LogP contribution in [-0.2, 0) is 0 Å². The van der Waals surface area contributed by atoms with Crippen molar-refractivity contribution in [3.05, 3.63) is 77.9 Å². The Morgan fingerprint density at radius 2 is 1.73 bits per heavy atom. The molecule has 3 rings (SSSR count). The van der Waals surface area contributed by atoms with Gasteiger partial charge in [0.2, 0.25) is 0 Å². The Balaban J connectivity index is 1.75. The van der Waals surface area contributed by atoms with Crippen LogP contribution in [0.2, 0.25) is 0 Å². The molecule has 0 unspecified atom stereocenters. The minimum Gasteiger partial charge on any atom is -0.508 e. The van der Waals surface area contributed by atoms with Gasteiger partial charge < -0.3 is 16.2 Å². The largest absolute Gasteiger partial charge is 0.508 e. The summed E-state index contributed by atoms with van der Waals surface area (Å²) < 4.78 is 26.9. The average molecular weight is 372 g/mol. The minimum atomic E-state index is -0.809. The zero-order valence-electron chi connectivity index (χ0n) is 13.4. The highest BCUT2D eigenvalue weighted by atomic mass is 32.2. The maximum atomic E-state index is 13.7. The van der Waals surface area contributed by atoms with E-state index in [-0.39, 0.29) is 11.3 Å². The average Bonchev–Trinajstić information content (AvgIpc) is 2.61. The molecule has 0 atom stereocenters. The van der Waals surface area contributed by atoms with Crippen LogP contribution in [-0.4, -0.2) is 11.0 Å². The molecule has 26 heavy (non-hydrogen) atoms. The number of carbonyl (C=O) groups is 1. The Bertz CT molecular complexity index is 962. The van der Waals surface area contributed by atoms with Crippen LogP contribution < -0.4 is 11.1 Å². The lowest BCUT2D eigenvalue weighted by molar-refractivity contribution is 0.102. The number of phenols is 1. The maximum Gasteiger partial charge on any atom is 0.258 e. The van der Waals surface area contributed by atoms with Gasteiger partial charge in [0.05, 0.1) is 5.56 Å². The third-order valence-electron chi connectivity index (χ3n) is 3.51. The van der Waals surface area contributed by atoms with Crippen LogP contribution in [0.4, 0.5) is 20.2 Å². The number of hydrogen-bond acceptors (Lipinski definition) is 4. The fourth-order valence-electron chi connectivity index (χ4n) is 2.23. The van der Waals surface area contributed by atoms with E-state index in [1.54, 1.807) is 36.4 Å². The molecular weight excluding hydrogens is 358 g/mol. The van der Waals surface area contributed by atoms with Crippen molar-refractivity contribution in [2.75, 3.05) is 11.1 Å². The third-order valence-corrected chi connectivity index (χ3v) is 4.60. The molecule has 3 aromatic rings. The van der Waals surface area contributed by atoms with Crippen molar-refractivity contribution in [3.63, 3.8) is 0 Å². The van der Waals surface area contributed by atoms with Gasteiger partial charge in [-0.15, -0.1) is 0 Å². The Kier molecular flexibility index (Phi) is 5.09. The van der Waals surface area contributed by atoms with E-state index >= 15 is 0 Å². The number of anilines is 2. The molecule has 1 amide bonds. The molecule has 0 fully saturated rings. The molecule has 3 aromatic carbocycles. The first-order chi connectivity index (χ1) is 12.4. The molecule has 0 aliphatic heterocycles. The van der Waals surface area contributed by atoms with Crippen LogP contribution in [0.3, 0.4) is 0 Å². The molecule has 0 bridgehead atoms. The second kappa shape index (κ2) is 7.45. The van der Waals surface area contributed by atoms with Crippen LogP contribution >= 0.6 is 11.8 Å². The lowest BCUT2D eigenvalue weighted by atomic mass is 10.2. The molecule has 0 aliphatic carbocycles. The molecule has 0 radical (unpaired) electrons. The standard InChI is InChI=1S/C19H14F2N2O2S/c20-11-1-7-16(21)15(9-11)19(25)23-12-2-8-18(17(22)10-12)26-14-5-3-13(24)4-6-14/h1-10,24H,22H2,(H,23,25). The van der Waals surface area contributed by atoms with E-state index in [0.717, 1.165) is 28.0 Å². The summed E-state index contributed by atoms with van der Waals surface area (Å²) in [5, 5.41) is 11.8. The maximum absolute atomic E-state index is 13.7. The Labute approximate surface area is 152 Å². The summed E-state index contributed by atoms with van der Waals surface area (Å²) in [6.07, 6.45) is 0. The van der Waals surface area contributed by atoms with E-state index in [2.05, 4.69) is 5.32 Å². The van der Waals surface area contributed by atoms with Gasteiger partial charge in [-0.25, -0.2) is 8.78 Å². The topological polar surface area (TPSA) is 75.3 Å². The molecule has 4 N–H and O–H groups in total. The number of aromatic hydroxyl groups is 1. The lowest BCUT2D eigenvalue weighted by Crippen LogP contribution is -2.14. The van der Waals surface area contributed by atoms with Crippen LogP contribution in [0, 0.1) is 11.6 Å². The van der Waals surface area contributed by atoms with Crippen LogP contribution in [0.15, 0.2) is 70.5 Å². The van der Waals surface area contributed by atoms with Crippen molar-refractivity contribution >= 4 is 29.0 Å². The number of carbonyl (C=O) groups excluding carboxylic acids is 1. The molecule has 0 aromatic heterocycles. The number of nitrogen functional groups attached to an aromatic ring is 1. The molecule has 0 saturated heterocycles. The highest BCUT2D eigenvalue weighted by Crippen LogP contribution is 2.34. The quantitative estimate of drug-likeness (QED) is 0.583. The van der Waals surface area contributed by atoms with Crippen LogP contribution in [0.1, 0.15) is 10.4 Å². The predicted molar refractivity (Wildman–Crippen MR) is 97.4 cm³/mol. The summed E-state index contributed by atoms with van der Waals surface area (Å²) >= 11 is 1.39. The van der Waals surface area contributed by atoms with Gasteiger partial charge in [0.15, 0.2) is 0 Å². The number of phenolic OH excluding ortho intramolecular Hbond substituents is 1. The minimum absolute atomic E-state index is 0.171. The van der Waals surface area contributed by atoms with Crippen molar-refractivity contribution in [1.82, 2.24) is 0 Å². The van der Waals surface area contributed by atoms with E-state index < -0.39 is 17.5 Å². The van der Waals surface area contributed by atoms with Gasteiger partial charge in [0.25, 0.3) is 5.91 Å². The second-order valence-corrected chi connectivity index (χ2v) is 6.54. The summed E-state index contributed by atoms with van der Waals surface area (Å²) in [7, 11) is 0. The van der Waals surface area contributed by atoms with Gasteiger partial charge in [-0.3, -0.25) is 4.79 Å². The number of benzene rings is 3. The first-order valence-corrected chi connectivity index (χ1v) is 8.37. The molecule has 4 nitrogen and oxygen atoms in total. The Hall–Kier alpha value is -3.06. The van der Waals surface area contributed by atoms with Gasteiger partial charge in [-0.05, 0) is 60.7 Å². The smallest absolute Gasteiger partial charge is 0.258 e. The summed E-state index contributed by atoms with van der Waals surface area (Å²) in [5.74, 6) is -2.10. The number of amides is 1. The molecule has 0 saturated carbocycles. The number of hydrogen-bond donors (Lipinski definition) is 3. The van der Waals surface area contributed by atoms with E-state index in [9.17, 15) is 18.7 Å². The summed E-state index contributed by atoms with van der Waals surface area (Å²) in [6.45, 7) is 0. The van der Waals surface area contributed by atoms with Crippen LogP contribution in [0.5, 0.6) is 5.75 Å². The van der Waals surface area contributed by atoms with Gasteiger partial charge in [-0.2, -0.15) is 0 Å².